The molecule has 0 fully saturated rings. The van der Waals surface area contributed by atoms with Crippen molar-refractivity contribution >= 4 is 20.2 Å². The summed E-state index contributed by atoms with van der Waals surface area (Å²) in [5.74, 6) is 0. The molecule has 0 saturated carbocycles. The molecule has 0 aromatic heterocycles. The van der Waals surface area contributed by atoms with Crippen LogP contribution in [0.3, 0.4) is 0 Å². The maximum Gasteiger partial charge on any atom is 0.258 e. The molecule has 0 unspecified atom stereocenters. The highest BCUT2D eigenvalue weighted by Crippen LogP contribution is 1.83. The molecule has 0 aromatic carbocycles. The van der Waals surface area contributed by atoms with Gasteiger partial charge in [-0.05, 0) is 6.42 Å². The fourth-order valence-electron chi connectivity index (χ4n) is 0.441. The third-order valence-corrected chi connectivity index (χ3v) is 1.82. The molecule has 60 valence electrons. The van der Waals surface area contributed by atoms with E-state index in [1.54, 1.807) is 0 Å². The lowest BCUT2D eigenvalue weighted by Crippen LogP contribution is -2.04. The van der Waals surface area contributed by atoms with Gasteiger partial charge in [0, 0.05) is 0 Å². The fraction of sp³-hybridized carbons (Fsp3) is 0.667. The van der Waals surface area contributed by atoms with E-state index in [2.05, 4.69) is 6.58 Å². The van der Waals surface area contributed by atoms with Crippen LogP contribution in [0.15, 0.2) is 12.7 Å². The van der Waals surface area contributed by atoms with E-state index in [1.165, 1.54) is 0 Å². The molecule has 0 N–H and O–H groups in total. The Hall–Kier alpha value is 0.167. The van der Waals surface area contributed by atoms with Crippen molar-refractivity contribution in [1.29, 1.82) is 0 Å². The number of halogens is 1. The first-order valence-corrected chi connectivity index (χ1v) is 5.95. The maximum absolute atomic E-state index is 5.39. The van der Waals surface area contributed by atoms with Crippen molar-refractivity contribution in [2.75, 3.05) is 19.8 Å². The van der Waals surface area contributed by atoms with E-state index in [0.717, 1.165) is 13.0 Å². The van der Waals surface area contributed by atoms with Crippen LogP contribution < -0.4 is 0 Å². The molecule has 4 heteroatoms. The van der Waals surface area contributed by atoms with E-state index in [9.17, 15) is 0 Å². The minimum atomic E-state index is -0.753. The van der Waals surface area contributed by atoms with Gasteiger partial charge in [0.1, 0.15) is 0 Å². The summed E-state index contributed by atoms with van der Waals surface area (Å²) in [6.07, 6.45) is 2.73. The Morgan fingerprint density at radius 1 is 1.40 bits per heavy atom. The van der Waals surface area contributed by atoms with Crippen LogP contribution in [-0.4, -0.2) is 28.9 Å². The summed E-state index contributed by atoms with van der Waals surface area (Å²) in [7, 11) is -0.753. The largest absolute Gasteiger partial charge is 0.406 e. The fourth-order valence-corrected chi connectivity index (χ4v) is 0.995. The zero-order valence-corrected chi connectivity index (χ0v) is 8.18. The van der Waals surface area contributed by atoms with Crippen LogP contribution in [0.2, 0.25) is 0 Å². The summed E-state index contributed by atoms with van der Waals surface area (Å²) in [4.78, 5) is 0. The molecule has 10 heavy (non-hydrogen) atoms. The summed E-state index contributed by atoms with van der Waals surface area (Å²) in [5.41, 5.74) is 0. The van der Waals surface area contributed by atoms with Gasteiger partial charge in [-0.2, -0.15) is 0 Å². The molecular weight excluding hydrogens is 168 g/mol. The molecule has 0 atom stereocenters. The van der Waals surface area contributed by atoms with Crippen LogP contribution in [0, 0.1) is 0 Å². The summed E-state index contributed by atoms with van der Waals surface area (Å²) >= 11 is 5.39. The van der Waals surface area contributed by atoms with Crippen LogP contribution in [0.5, 0.6) is 0 Å². The van der Waals surface area contributed by atoms with Crippen molar-refractivity contribution in [2.45, 2.75) is 6.42 Å². The molecule has 0 aliphatic heterocycles. The molecule has 0 spiro atoms. The van der Waals surface area contributed by atoms with Crippen LogP contribution >= 0.6 is 11.1 Å². The molecular formula is C6H13ClO2Si. The molecule has 0 heterocycles. The van der Waals surface area contributed by atoms with E-state index in [1.807, 2.05) is 6.08 Å². The molecule has 0 rings (SSSR count). The number of rotatable bonds is 7. The number of hydrogen-bond donors (Lipinski definition) is 0. The molecule has 0 aliphatic rings. The van der Waals surface area contributed by atoms with Gasteiger partial charge in [0.05, 0.1) is 19.8 Å². The second kappa shape index (κ2) is 9.17. The van der Waals surface area contributed by atoms with E-state index < -0.39 is 9.07 Å². The monoisotopic (exact) mass is 180 g/mol. The van der Waals surface area contributed by atoms with Gasteiger partial charge in [0.2, 0.25) is 0 Å². The highest BCUT2D eigenvalue weighted by Gasteiger charge is 1.85. The van der Waals surface area contributed by atoms with Crippen LogP contribution in [0.4, 0.5) is 0 Å². The Kier molecular flexibility index (Phi) is 9.32. The third-order valence-electron chi connectivity index (χ3n) is 0.915. The van der Waals surface area contributed by atoms with E-state index >= 15 is 0 Å². The lowest BCUT2D eigenvalue weighted by Gasteiger charge is -2.00. The summed E-state index contributed by atoms with van der Waals surface area (Å²) in [6.45, 7) is 5.58. The molecule has 0 aliphatic carbocycles. The topological polar surface area (TPSA) is 18.5 Å². The van der Waals surface area contributed by atoms with Crippen molar-refractivity contribution in [3.63, 3.8) is 0 Å². The van der Waals surface area contributed by atoms with Gasteiger partial charge < -0.3 is 9.16 Å². The first kappa shape index (κ1) is 10.2. The lowest BCUT2D eigenvalue weighted by molar-refractivity contribution is 0.106. The second-order valence-corrected chi connectivity index (χ2v) is 2.99. The molecule has 0 radical (unpaired) electrons. The van der Waals surface area contributed by atoms with Crippen molar-refractivity contribution in [3.05, 3.63) is 12.7 Å². The van der Waals surface area contributed by atoms with Crippen LogP contribution in [0.25, 0.3) is 0 Å². The Bertz CT molecular complexity index is 80.1. The average Bonchev–Trinajstić information content (AvgIpc) is 1.97. The summed E-state index contributed by atoms with van der Waals surface area (Å²) in [6, 6.07) is 0. The van der Waals surface area contributed by atoms with Gasteiger partial charge in [0.25, 0.3) is 9.07 Å². The van der Waals surface area contributed by atoms with E-state index in [4.69, 9.17) is 20.2 Å². The van der Waals surface area contributed by atoms with Gasteiger partial charge in [-0.3, -0.25) is 0 Å². The van der Waals surface area contributed by atoms with Gasteiger partial charge in [0.15, 0.2) is 0 Å². The first-order chi connectivity index (χ1) is 4.91. The maximum atomic E-state index is 5.39. The first-order valence-electron chi connectivity index (χ1n) is 3.24. The molecule has 0 aromatic rings. The number of hydrogen-bond acceptors (Lipinski definition) is 2. The minimum Gasteiger partial charge on any atom is -0.406 e. The zero-order chi connectivity index (χ0) is 7.66. The molecule has 0 bridgehead atoms. The van der Waals surface area contributed by atoms with Gasteiger partial charge in [-0.25, -0.2) is 0 Å². The standard InChI is InChI=1S/C6H13ClO2Si/c1-2-3-4-8-5-6-9-10-7/h2H,1,3-6,10H2. The zero-order valence-electron chi connectivity index (χ0n) is 6.01. The third kappa shape index (κ3) is 8.17. The Labute approximate surface area is 68.8 Å². The van der Waals surface area contributed by atoms with Crippen molar-refractivity contribution < 1.29 is 9.16 Å². The smallest absolute Gasteiger partial charge is 0.258 e. The normalized spacial score (nSPS) is 10.9. The predicted molar refractivity (Wildman–Crippen MR) is 46.0 cm³/mol. The minimum absolute atomic E-state index is 0.632. The summed E-state index contributed by atoms with van der Waals surface area (Å²) < 4.78 is 10.1. The highest BCUT2D eigenvalue weighted by atomic mass is 35.6. The van der Waals surface area contributed by atoms with Crippen LogP contribution in [-0.2, 0) is 9.16 Å². The van der Waals surface area contributed by atoms with Crippen molar-refractivity contribution in [1.82, 2.24) is 0 Å². The Balaban J connectivity index is 2.70. The van der Waals surface area contributed by atoms with Crippen LogP contribution in [0.1, 0.15) is 6.42 Å². The SMILES string of the molecule is C=CCCOCCO[SiH2]Cl. The van der Waals surface area contributed by atoms with Gasteiger partial charge in [-0.1, -0.05) is 6.08 Å². The molecule has 2 nitrogen and oxygen atoms in total. The second-order valence-electron chi connectivity index (χ2n) is 1.71. The van der Waals surface area contributed by atoms with Gasteiger partial charge >= 0.3 is 0 Å². The van der Waals surface area contributed by atoms with Crippen molar-refractivity contribution in [2.24, 2.45) is 0 Å². The van der Waals surface area contributed by atoms with E-state index in [-0.39, 0.29) is 0 Å². The Morgan fingerprint density at radius 2 is 2.20 bits per heavy atom. The highest BCUT2D eigenvalue weighted by molar-refractivity contribution is 6.89. The molecule has 0 amide bonds. The average molecular weight is 181 g/mol. The molecule has 0 saturated heterocycles. The quantitative estimate of drug-likeness (QED) is 0.250. The van der Waals surface area contributed by atoms with E-state index in [0.29, 0.717) is 13.2 Å². The van der Waals surface area contributed by atoms with Gasteiger partial charge in [-0.15, -0.1) is 17.7 Å². The summed E-state index contributed by atoms with van der Waals surface area (Å²) in [5, 5.41) is 0. The lowest BCUT2D eigenvalue weighted by atomic mass is 10.5. The van der Waals surface area contributed by atoms with Crippen molar-refractivity contribution in [3.8, 4) is 0 Å². The Morgan fingerprint density at radius 3 is 2.80 bits per heavy atom. The predicted octanol–water partition coefficient (Wildman–Crippen LogP) is 0.833. The number of ether oxygens (including phenoxy) is 1.